The fourth-order valence-corrected chi connectivity index (χ4v) is 5.50. The lowest BCUT2D eigenvalue weighted by Crippen LogP contribution is -2.24. The van der Waals surface area contributed by atoms with Crippen LogP contribution in [-0.2, 0) is 28.9 Å². The minimum atomic E-state index is -0.466. The highest BCUT2D eigenvalue weighted by atomic mass is 32.1. The van der Waals surface area contributed by atoms with E-state index in [-0.39, 0.29) is 17.9 Å². The summed E-state index contributed by atoms with van der Waals surface area (Å²) >= 11 is 2.53. The number of anilines is 2. The molecule has 0 unspecified atom stereocenters. The summed E-state index contributed by atoms with van der Waals surface area (Å²) in [5.74, 6) is 1.03. The average Bonchev–Trinajstić information content (AvgIpc) is 3.23. The quantitative estimate of drug-likeness (QED) is 0.540. The fraction of sp³-hybridized carbons (Fsp3) is 0.476. The maximum Gasteiger partial charge on any atom is 0.326 e. The van der Waals surface area contributed by atoms with Crippen LogP contribution in [0.5, 0.6) is 0 Å². The largest absolute Gasteiger partial charge is 0.466 e. The van der Waals surface area contributed by atoms with Crippen LogP contribution in [0.25, 0.3) is 10.2 Å². The molecule has 1 atom stereocenters. The third-order valence-corrected chi connectivity index (χ3v) is 7.37. The van der Waals surface area contributed by atoms with Gasteiger partial charge in [0.15, 0.2) is 5.13 Å². The normalized spacial score (nSPS) is 15.8. The van der Waals surface area contributed by atoms with Gasteiger partial charge in [-0.3, -0.25) is 24.8 Å². The minimum absolute atomic E-state index is 0.0372. The van der Waals surface area contributed by atoms with Gasteiger partial charge in [0.05, 0.1) is 24.1 Å². The van der Waals surface area contributed by atoms with Crippen LogP contribution in [0, 0.1) is 12.8 Å². The van der Waals surface area contributed by atoms with Crippen molar-refractivity contribution in [1.29, 1.82) is 0 Å². The van der Waals surface area contributed by atoms with Gasteiger partial charge in [0.25, 0.3) is 5.56 Å². The van der Waals surface area contributed by atoms with Gasteiger partial charge in [-0.15, -0.1) is 11.3 Å². The van der Waals surface area contributed by atoms with Gasteiger partial charge < -0.3 is 4.74 Å². The van der Waals surface area contributed by atoms with Gasteiger partial charge >= 0.3 is 12.0 Å². The predicted octanol–water partition coefficient (Wildman–Crippen LogP) is 3.94. The molecule has 2 N–H and O–H groups in total. The molecule has 3 aromatic rings. The van der Waals surface area contributed by atoms with Crippen molar-refractivity contribution in [3.05, 3.63) is 32.8 Å². The lowest BCUT2D eigenvalue weighted by Gasteiger charge is -2.08. The van der Waals surface area contributed by atoms with E-state index in [1.807, 2.05) is 6.92 Å². The Morgan fingerprint density at radius 2 is 2.09 bits per heavy atom. The summed E-state index contributed by atoms with van der Waals surface area (Å²) in [6.07, 6.45) is 2.82. The first-order valence-electron chi connectivity index (χ1n) is 10.6. The van der Waals surface area contributed by atoms with Crippen molar-refractivity contribution >= 4 is 55.0 Å². The average molecular weight is 476 g/mol. The van der Waals surface area contributed by atoms with Gasteiger partial charge in [-0.25, -0.2) is 14.8 Å². The monoisotopic (exact) mass is 475 g/mol. The second kappa shape index (κ2) is 9.37. The predicted molar refractivity (Wildman–Crippen MR) is 126 cm³/mol. The number of esters is 1. The van der Waals surface area contributed by atoms with Crippen molar-refractivity contribution in [2.24, 2.45) is 5.92 Å². The Bertz CT molecular complexity index is 1230. The first kappa shape index (κ1) is 22.4. The maximum atomic E-state index is 13.1. The van der Waals surface area contributed by atoms with Crippen LogP contribution in [-0.4, -0.2) is 33.1 Å². The molecule has 0 bridgehead atoms. The van der Waals surface area contributed by atoms with Crippen molar-refractivity contribution in [1.82, 2.24) is 14.5 Å². The van der Waals surface area contributed by atoms with E-state index in [0.29, 0.717) is 50.7 Å². The Labute approximate surface area is 192 Å². The summed E-state index contributed by atoms with van der Waals surface area (Å²) in [6.45, 7) is 6.76. The summed E-state index contributed by atoms with van der Waals surface area (Å²) in [7, 11) is 0. The minimum Gasteiger partial charge on any atom is -0.466 e. The topological polar surface area (TPSA) is 115 Å². The molecule has 0 saturated carbocycles. The number of carbonyl (C=O) groups is 2. The number of hydrogen-bond donors (Lipinski definition) is 2. The molecular formula is C21H25N5O4S2. The number of nitrogens with one attached hydrogen (secondary N) is 2. The highest BCUT2D eigenvalue weighted by Gasteiger charge is 2.21. The SMILES string of the molecule is CCOC(=O)Cc1csc(NC(=O)Nc2sc3nc4n(c(=O)c3c2C)CC[C@@H](C)CC4)n1. The van der Waals surface area contributed by atoms with Crippen LogP contribution in [0.1, 0.15) is 43.8 Å². The first-order chi connectivity index (χ1) is 15.4. The molecule has 32 heavy (non-hydrogen) atoms. The highest BCUT2D eigenvalue weighted by Crippen LogP contribution is 2.33. The molecule has 4 heterocycles. The summed E-state index contributed by atoms with van der Waals surface area (Å²) in [5, 5.41) is 8.72. The van der Waals surface area contributed by atoms with E-state index < -0.39 is 6.03 Å². The molecule has 0 aromatic carbocycles. The van der Waals surface area contributed by atoms with E-state index in [1.54, 1.807) is 16.9 Å². The van der Waals surface area contributed by atoms with Gasteiger partial charge in [0, 0.05) is 18.3 Å². The number of ether oxygens (including phenoxy) is 1. The number of rotatable bonds is 5. The summed E-state index contributed by atoms with van der Waals surface area (Å²) in [6, 6.07) is -0.466. The number of fused-ring (bicyclic) bond motifs is 2. The molecule has 9 nitrogen and oxygen atoms in total. The fourth-order valence-electron chi connectivity index (χ4n) is 3.71. The van der Waals surface area contributed by atoms with E-state index in [9.17, 15) is 14.4 Å². The van der Waals surface area contributed by atoms with Crippen molar-refractivity contribution in [3.8, 4) is 0 Å². The third-order valence-electron chi connectivity index (χ3n) is 5.47. The number of thiazole rings is 1. The number of urea groups is 1. The second-order valence-electron chi connectivity index (χ2n) is 7.86. The second-order valence-corrected chi connectivity index (χ2v) is 9.72. The molecule has 0 fully saturated rings. The standard InChI is InChI=1S/C21H25N5O4S2/c1-4-30-15(27)9-13-10-31-21(22-13)25-20(29)24-17-12(3)16-18(32-17)23-14-6-5-11(2)7-8-26(14)19(16)28/h10-11H,4-9H2,1-3H3,(H2,22,24,25,29)/t11-/m0/s1. The summed E-state index contributed by atoms with van der Waals surface area (Å²) in [4.78, 5) is 46.9. The molecule has 0 aliphatic carbocycles. The Hall–Kier alpha value is -2.79. The van der Waals surface area contributed by atoms with Crippen LogP contribution in [0.4, 0.5) is 14.9 Å². The lowest BCUT2D eigenvalue weighted by molar-refractivity contribution is -0.142. The molecule has 170 valence electrons. The lowest BCUT2D eigenvalue weighted by atomic mass is 10.0. The van der Waals surface area contributed by atoms with Crippen LogP contribution < -0.4 is 16.2 Å². The van der Waals surface area contributed by atoms with Crippen LogP contribution in [0.15, 0.2) is 10.2 Å². The Balaban J connectivity index is 1.50. The zero-order valence-corrected chi connectivity index (χ0v) is 19.8. The molecule has 0 radical (unpaired) electrons. The number of carbonyl (C=O) groups excluding carboxylic acids is 2. The molecule has 2 amide bonds. The Morgan fingerprint density at radius 1 is 1.28 bits per heavy atom. The van der Waals surface area contributed by atoms with Crippen LogP contribution in [0.2, 0.25) is 0 Å². The van der Waals surface area contributed by atoms with Gasteiger partial charge in [-0.1, -0.05) is 18.3 Å². The van der Waals surface area contributed by atoms with Crippen molar-refractivity contribution < 1.29 is 14.3 Å². The smallest absolute Gasteiger partial charge is 0.326 e. The summed E-state index contributed by atoms with van der Waals surface area (Å²) < 4.78 is 6.70. The molecule has 1 aliphatic heterocycles. The van der Waals surface area contributed by atoms with E-state index in [4.69, 9.17) is 9.72 Å². The zero-order chi connectivity index (χ0) is 22.8. The molecule has 0 spiro atoms. The van der Waals surface area contributed by atoms with E-state index in [1.165, 1.54) is 22.7 Å². The molecule has 4 rings (SSSR count). The highest BCUT2D eigenvalue weighted by molar-refractivity contribution is 7.22. The van der Waals surface area contributed by atoms with Crippen LogP contribution >= 0.6 is 22.7 Å². The van der Waals surface area contributed by atoms with E-state index in [0.717, 1.165) is 25.1 Å². The molecular weight excluding hydrogens is 450 g/mol. The Morgan fingerprint density at radius 3 is 2.88 bits per heavy atom. The van der Waals surface area contributed by atoms with E-state index >= 15 is 0 Å². The molecule has 0 saturated heterocycles. The molecule has 1 aliphatic rings. The third kappa shape index (κ3) is 4.68. The van der Waals surface area contributed by atoms with Gasteiger partial charge in [-0.05, 0) is 38.2 Å². The van der Waals surface area contributed by atoms with Crippen LogP contribution in [0.3, 0.4) is 0 Å². The summed E-state index contributed by atoms with van der Waals surface area (Å²) in [5.41, 5.74) is 1.21. The number of thiophene rings is 1. The van der Waals surface area contributed by atoms with Crippen molar-refractivity contribution in [2.45, 2.75) is 53.0 Å². The molecule has 11 heteroatoms. The van der Waals surface area contributed by atoms with E-state index in [2.05, 4.69) is 22.5 Å². The number of nitrogens with zero attached hydrogens (tertiary/aromatic N) is 3. The van der Waals surface area contributed by atoms with Gasteiger partial charge in [-0.2, -0.15) is 0 Å². The van der Waals surface area contributed by atoms with Crippen molar-refractivity contribution in [2.75, 3.05) is 17.2 Å². The number of amides is 2. The zero-order valence-electron chi connectivity index (χ0n) is 18.2. The van der Waals surface area contributed by atoms with Gasteiger partial charge in [0.1, 0.15) is 15.7 Å². The number of hydrogen-bond acceptors (Lipinski definition) is 8. The van der Waals surface area contributed by atoms with Crippen molar-refractivity contribution in [3.63, 3.8) is 0 Å². The maximum absolute atomic E-state index is 13.1. The Kier molecular flexibility index (Phi) is 6.56. The molecule has 3 aromatic heterocycles. The number of aryl methyl sites for hydroxylation is 2. The number of aromatic nitrogens is 3. The first-order valence-corrected chi connectivity index (χ1v) is 12.3. The van der Waals surface area contributed by atoms with Gasteiger partial charge in [0.2, 0.25) is 0 Å².